The van der Waals surface area contributed by atoms with E-state index in [9.17, 15) is 0 Å². The summed E-state index contributed by atoms with van der Waals surface area (Å²) in [6.07, 6.45) is 2.44. The van der Waals surface area contributed by atoms with Gasteiger partial charge in [0.15, 0.2) is 0 Å². The number of methoxy groups -OCH3 is 1. The molecule has 0 amide bonds. The Hall–Kier alpha value is -0.700. The van der Waals surface area contributed by atoms with Crippen LogP contribution in [-0.2, 0) is 0 Å². The van der Waals surface area contributed by atoms with Gasteiger partial charge < -0.3 is 10.1 Å². The molecular weight excluding hydrogens is 266 g/mol. The zero-order chi connectivity index (χ0) is 12.0. The van der Waals surface area contributed by atoms with Crippen LogP contribution in [-0.4, -0.2) is 13.7 Å². The van der Waals surface area contributed by atoms with Crippen molar-refractivity contribution in [2.24, 2.45) is 5.92 Å². The third-order valence-electron chi connectivity index (χ3n) is 2.44. The van der Waals surface area contributed by atoms with Gasteiger partial charge in [-0.3, -0.25) is 0 Å². The average molecular weight is 286 g/mol. The molecule has 0 fully saturated rings. The summed E-state index contributed by atoms with van der Waals surface area (Å²) in [6.45, 7) is 5.49. The van der Waals surface area contributed by atoms with Crippen LogP contribution in [0.25, 0.3) is 0 Å². The molecule has 2 nitrogen and oxygen atoms in total. The van der Waals surface area contributed by atoms with Crippen molar-refractivity contribution in [1.29, 1.82) is 0 Å². The largest absolute Gasteiger partial charge is 0.495 e. The van der Waals surface area contributed by atoms with Crippen molar-refractivity contribution in [1.82, 2.24) is 0 Å². The van der Waals surface area contributed by atoms with Gasteiger partial charge in [-0.1, -0.05) is 29.8 Å². The zero-order valence-electron chi connectivity index (χ0n) is 10.2. The van der Waals surface area contributed by atoms with Gasteiger partial charge in [-0.05, 0) is 37.0 Å². The first-order chi connectivity index (χ1) is 7.63. The topological polar surface area (TPSA) is 21.3 Å². The molecule has 0 spiro atoms. The van der Waals surface area contributed by atoms with Gasteiger partial charge in [0.1, 0.15) is 5.75 Å². The first-order valence-electron chi connectivity index (χ1n) is 5.71. The van der Waals surface area contributed by atoms with E-state index in [4.69, 9.17) is 4.74 Å². The highest BCUT2D eigenvalue weighted by atomic mass is 79.9. The molecule has 0 aliphatic heterocycles. The van der Waals surface area contributed by atoms with Crippen molar-refractivity contribution in [2.45, 2.75) is 26.7 Å². The second kappa shape index (κ2) is 6.79. The number of hydrogen-bond donors (Lipinski definition) is 1. The quantitative estimate of drug-likeness (QED) is 0.787. The van der Waals surface area contributed by atoms with Gasteiger partial charge in [-0.25, -0.2) is 0 Å². The van der Waals surface area contributed by atoms with E-state index in [0.29, 0.717) is 0 Å². The monoisotopic (exact) mass is 285 g/mol. The van der Waals surface area contributed by atoms with Gasteiger partial charge in [0.2, 0.25) is 0 Å². The fourth-order valence-electron chi connectivity index (χ4n) is 1.55. The molecule has 0 unspecified atom stereocenters. The number of rotatable bonds is 6. The summed E-state index contributed by atoms with van der Waals surface area (Å²) in [6, 6.07) is 6.00. The lowest BCUT2D eigenvalue weighted by Gasteiger charge is -2.12. The fraction of sp³-hybridized carbons (Fsp3) is 0.538. The van der Waals surface area contributed by atoms with Crippen LogP contribution in [0.2, 0.25) is 0 Å². The Bertz CT molecular complexity index is 326. The summed E-state index contributed by atoms with van der Waals surface area (Å²) in [4.78, 5) is 0. The molecule has 0 bridgehead atoms. The van der Waals surface area contributed by atoms with Crippen molar-refractivity contribution in [3.05, 3.63) is 22.7 Å². The van der Waals surface area contributed by atoms with E-state index in [2.05, 4.69) is 35.1 Å². The Morgan fingerprint density at radius 2 is 2.12 bits per heavy atom. The first-order valence-corrected chi connectivity index (χ1v) is 6.50. The third kappa shape index (κ3) is 4.44. The van der Waals surface area contributed by atoms with E-state index in [1.54, 1.807) is 7.11 Å². The van der Waals surface area contributed by atoms with Crippen molar-refractivity contribution in [3.63, 3.8) is 0 Å². The summed E-state index contributed by atoms with van der Waals surface area (Å²) >= 11 is 3.46. The van der Waals surface area contributed by atoms with Gasteiger partial charge in [0.25, 0.3) is 0 Å². The van der Waals surface area contributed by atoms with E-state index in [1.807, 2.05) is 18.2 Å². The molecule has 90 valence electrons. The van der Waals surface area contributed by atoms with Crippen LogP contribution in [0.3, 0.4) is 0 Å². The zero-order valence-corrected chi connectivity index (χ0v) is 11.8. The van der Waals surface area contributed by atoms with Crippen LogP contribution in [0.15, 0.2) is 22.7 Å². The van der Waals surface area contributed by atoms with Gasteiger partial charge in [-0.15, -0.1) is 0 Å². The number of ether oxygens (including phenoxy) is 1. The maximum absolute atomic E-state index is 5.30. The average Bonchev–Trinajstić information content (AvgIpc) is 2.24. The molecular formula is C13H20BrNO. The summed E-state index contributed by atoms with van der Waals surface area (Å²) in [7, 11) is 1.70. The van der Waals surface area contributed by atoms with Gasteiger partial charge >= 0.3 is 0 Å². The van der Waals surface area contributed by atoms with Gasteiger partial charge in [-0.2, -0.15) is 0 Å². The molecule has 0 aromatic heterocycles. The normalized spacial score (nSPS) is 10.6. The van der Waals surface area contributed by atoms with E-state index in [1.165, 1.54) is 12.8 Å². The number of hydrogen-bond acceptors (Lipinski definition) is 2. The lowest BCUT2D eigenvalue weighted by atomic mass is 10.1. The molecule has 0 saturated carbocycles. The van der Waals surface area contributed by atoms with E-state index < -0.39 is 0 Å². The number of nitrogens with one attached hydrogen (secondary N) is 1. The molecule has 1 aromatic rings. The molecule has 16 heavy (non-hydrogen) atoms. The second-order valence-corrected chi connectivity index (χ2v) is 5.22. The highest BCUT2D eigenvalue weighted by Crippen LogP contribution is 2.27. The summed E-state index contributed by atoms with van der Waals surface area (Å²) < 4.78 is 6.36. The van der Waals surface area contributed by atoms with Gasteiger partial charge in [0.05, 0.1) is 12.8 Å². The molecule has 0 saturated heterocycles. The van der Waals surface area contributed by atoms with Crippen molar-refractivity contribution < 1.29 is 4.74 Å². The maximum atomic E-state index is 5.30. The minimum absolute atomic E-state index is 0.770. The third-order valence-corrected chi connectivity index (χ3v) is 2.93. The molecule has 1 aromatic carbocycles. The Morgan fingerprint density at radius 3 is 2.75 bits per heavy atom. The molecule has 0 aliphatic rings. The summed E-state index contributed by atoms with van der Waals surface area (Å²) in [5.74, 6) is 1.67. The Balaban J connectivity index is 2.48. The van der Waals surface area contributed by atoms with E-state index in [0.717, 1.165) is 28.4 Å². The van der Waals surface area contributed by atoms with E-state index in [-0.39, 0.29) is 0 Å². The fourth-order valence-corrected chi connectivity index (χ4v) is 1.91. The van der Waals surface area contributed by atoms with E-state index >= 15 is 0 Å². The molecule has 0 atom stereocenters. The second-order valence-electron chi connectivity index (χ2n) is 4.31. The minimum Gasteiger partial charge on any atom is -0.495 e. The SMILES string of the molecule is COc1ccc(Br)cc1NCCCC(C)C. The number of halogens is 1. The molecule has 1 rings (SSSR count). The van der Waals surface area contributed by atoms with Crippen LogP contribution < -0.4 is 10.1 Å². The van der Waals surface area contributed by atoms with Crippen LogP contribution in [0.1, 0.15) is 26.7 Å². The molecule has 1 N–H and O–H groups in total. The van der Waals surface area contributed by atoms with Crippen LogP contribution in [0.5, 0.6) is 5.75 Å². The lowest BCUT2D eigenvalue weighted by Crippen LogP contribution is -2.04. The molecule has 0 radical (unpaired) electrons. The standard InChI is InChI=1S/C13H20BrNO/c1-10(2)5-4-8-15-12-9-11(14)6-7-13(12)16-3/h6-7,9-10,15H,4-5,8H2,1-3H3. The molecule has 0 aliphatic carbocycles. The predicted molar refractivity (Wildman–Crippen MR) is 73.3 cm³/mol. The molecule has 0 heterocycles. The first kappa shape index (κ1) is 13.4. The van der Waals surface area contributed by atoms with Crippen LogP contribution >= 0.6 is 15.9 Å². The van der Waals surface area contributed by atoms with Crippen molar-refractivity contribution >= 4 is 21.6 Å². The Labute approximate surface area is 107 Å². The number of benzene rings is 1. The number of anilines is 1. The minimum atomic E-state index is 0.770. The van der Waals surface area contributed by atoms with Crippen molar-refractivity contribution in [2.75, 3.05) is 19.0 Å². The highest BCUT2D eigenvalue weighted by Gasteiger charge is 2.02. The van der Waals surface area contributed by atoms with Crippen molar-refractivity contribution in [3.8, 4) is 5.75 Å². The summed E-state index contributed by atoms with van der Waals surface area (Å²) in [5, 5.41) is 3.41. The lowest BCUT2D eigenvalue weighted by molar-refractivity contribution is 0.416. The van der Waals surface area contributed by atoms with Gasteiger partial charge in [0, 0.05) is 11.0 Å². The predicted octanol–water partition coefficient (Wildman–Crippen LogP) is 4.31. The smallest absolute Gasteiger partial charge is 0.142 e. The summed E-state index contributed by atoms with van der Waals surface area (Å²) in [5.41, 5.74) is 1.06. The Kier molecular flexibility index (Phi) is 5.67. The molecule has 3 heteroatoms. The van der Waals surface area contributed by atoms with Crippen LogP contribution in [0.4, 0.5) is 5.69 Å². The van der Waals surface area contributed by atoms with Crippen LogP contribution in [0, 0.1) is 5.92 Å². The Morgan fingerprint density at radius 1 is 1.38 bits per heavy atom. The highest BCUT2D eigenvalue weighted by molar-refractivity contribution is 9.10. The maximum Gasteiger partial charge on any atom is 0.142 e.